The van der Waals surface area contributed by atoms with Crippen LogP contribution in [-0.2, 0) is 0 Å². The Morgan fingerprint density at radius 1 is 1.10 bits per heavy atom. The number of pyridine rings is 1. The molecule has 0 amide bonds. The molecule has 4 heteroatoms. The van der Waals surface area contributed by atoms with Crippen LogP contribution in [0.4, 0.5) is 5.69 Å². The summed E-state index contributed by atoms with van der Waals surface area (Å²) in [7, 11) is 0. The molecule has 0 aliphatic heterocycles. The highest BCUT2D eigenvalue weighted by Crippen LogP contribution is 2.33. The van der Waals surface area contributed by atoms with Gasteiger partial charge in [0.1, 0.15) is 11.5 Å². The van der Waals surface area contributed by atoms with Gasteiger partial charge in [0.25, 0.3) is 0 Å². The second-order valence-corrected chi connectivity index (χ2v) is 5.50. The lowest BCUT2D eigenvalue weighted by Crippen LogP contribution is -1.92. The molecule has 2 N–H and O–H groups in total. The van der Waals surface area contributed by atoms with Crippen LogP contribution in [0, 0.1) is 6.92 Å². The van der Waals surface area contributed by atoms with Crippen LogP contribution in [-0.4, -0.2) is 4.98 Å². The molecule has 2 aromatic carbocycles. The van der Waals surface area contributed by atoms with Crippen LogP contribution < -0.4 is 10.5 Å². The van der Waals surface area contributed by atoms with E-state index >= 15 is 0 Å². The number of ether oxygens (including phenoxy) is 1. The van der Waals surface area contributed by atoms with Gasteiger partial charge in [0.05, 0.1) is 0 Å². The van der Waals surface area contributed by atoms with Gasteiger partial charge in [-0.3, -0.25) is 4.98 Å². The fraction of sp³-hybridized carbons (Fsp3) is 0.0625. The highest BCUT2D eigenvalue weighted by atomic mass is 79.9. The Morgan fingerprint density at radius 3 is 2.75 bits per heavy atom. The number of nitrogens with two attached hydrogens (primary N) is 1. The van der Waals surface area contributed by atoms with Crippen LogP contribution in [0.5, 0.6) is 11.5 Å². The van der Waals surface area contributed by atoms with Gasteiger partial charge in [0.2, 0.25) is 0 Å². The summed E-state index contributed by atoms with van der Waals surface area (Å²) in [6, 6.07) is 13.5. The molecule has 100 valence electrons. The van der Waals surface area contributed by atoms with Crippen LogP contribution in [0.1, 0.15) is 5.69 Å². The molecule has 1 aromatic heterocycles. The SMILES string of the molecule is Cc1cc2c(Oc3cccc(Br)c3)ccc(N)c2cn1. The zero-order valence-electron chi connectivity index (χ0n) is 10.9. The third-order valence-electron chi connectivity index (χ3n) is 3.06. The van der Waals surface area contributed by atoms with E-state index in [-0.39, 0.29) is 0 Å². The minimum absolute atomic E-state index is 0.703. The molecule has 0 bridgehead atoms. The lowest BCUT2D eigenvalue weighted by molar-refractivity contribution is 0.488. The number of aryl methyl sites for hydroxylation is 1. The molecule has 0 spiro atoms. The molecule has 0 aliphatic carbocycles. The van der Waals surface area contributed by atoms with Crippen molar-refractivity contribution in [3.05, 3.63) is 58.8 Å². The predicted octanol–water partition coefficient (Wildman–Crippen LogP) is 4.68. The largest absolute Gasteiger partial charge is 0.457 e. The smallest absolute Gasteiger partial charge is 0.135 e. The number of halogens is 1. The van der Waals surface area contributed by atoms with Gasteiger partial charge >= 0.3 is 0 Å². The topological polar surface area (TPSA) is 48.1 Å². The molecule has 0 fully saturated rings. The second kappa shape index (κ2) is 5.13. The van der Waals surface area contributed by atoms with E-state index in [4.69, 9.17) is 10.5 Å². The number of nitrogen functional groups attached to an aromatic ring is 1. The van der Waals surface area contributed by atoms with Gasteiger partial charge in [-0.1, -0.05) is 22.0 Å². The first-order valence-corrected chi connectivity index (χ1v) is 7.01. The predicted molar refractivity (Wildman–Crippen MR) is 85.1 cm³/mol. The molecular weight excluding hydrogens is 316 g/mol. The molecule has 0 saturated carbocycles. The number of anilines is 1. The number of benzene rings is 2. The van der Waals surface area contributed by atoms with E-state index in [0.717, 1.165) is 32.4 Å². The summed E-state index contributed by atoms with van der Waals surface area (Å²) < 4.78 is 6.95. The van der Waals surface area contributed by atoms with E-state index in [2.05, 4.69) is 20.9 Å². The number of hydrogen-bond acceptors (Lipinski definition) is 3. The van der Waals surface area contributed by atoms with Crippen molar-refractivity contribution in [1.82, 2.24) is 4.98 Å². The van der Waals surface area contributed by atoms with E-state index < -0.39 is 0 Å². The molecule has 3 nitrogen and oxygen atoms in total. The Bertz CT molecular complexity index is 787. The van der Waals surface area contributed by atoms with Crippen LogP contribution >= 0.6 is 15.9 Å². The minimum Gasteiger partial charge on any atom is -0.457 e. The summed E-state index contributed by atoms with van der Waals surface area (Å²) in [6.45, 7) is 1.95. The van der Waals surface area contributed by atoms with Crippen molar-refractivity contribution in [2.45, 2.75) is 6.92 Å². The number of aromatic nitrogens is 1. The minimum atomic E-state index is 0.703. The summed E-state index contributed by atoms with van der Waals surface area (Å²) in [4.78, 5) is 4.29. The van der Waals surface area contributed by atoms with Gasteiger partial charge < -0.3 is 10.5 Å². The van der Waals surface area contributed by atoms with E-state index in [1.165, 1.54) is 0 Å². The van der Waals surface area contributed by atoms with E-state index in [1.54, 1.807) is 6.20 Å². The van der Waals surface area contributed by atoms with Gasteiger partial charge in [0, 0.05) is 32.8 Å². The van der Waals surface area contributed by atoms with Gasteiger partial charge in [-0.15, -0.1) is 0 Å². The molecule has 0 atom stereocenters. The third-order valence-corrected chi connectivity index (χ3v) is 3.55. The highest BCUT2D eigenvalue weighted by Gasteiger charge is 2.07. The molecule has 0 saturated heterocycles. The molecule has 1 heterocycles. The fourth-order valence-electron chi connectivity index (χ4n) is 2.09. The molecule has 3 aromatic rings. The first kappa shape index (κ1) is 12.9. The Labute approximate surface area is 125 Å². The third kappa shape index (κ3) is 2.47. The number of nitrogens with zero attached hydrogens (tertiary/aromatic N) is 1. The molecule has 0 aliphatic rings. The van der Waals surface area contributed by atoms with Crippen molar-refractivity contribution in [3.63, 3.8) is 0 Å². The molecule has 20 heavy (non-hydrogen) atoms. The average Bonchev–Trinajstić information content (AvgIpc) is 2.42. The lowest BCUT2D eigenvalue weighted by Gasteiger charge is -2.11. The quantitative estimate of drug-likeness (QED) is 0.695. The van der Waals surface area contributed by atoms with Crippen molar-refractivity contribution >= 4 is 32.4 Å². The Balaban J connectivity index is 2.12. The van der Waals surface area contributed by atoms with E-state index in [0.29, 0.717) is 5.69 Å². The lowest BCUT2D eigenvalue weighted by atomic mass is 10.1. The standard InChI is InChI=1S/C16H13BrN2O/c1-10-7-13-14(9-19-10)15(18)5-6-16(13)20-12-4-2-3-11(17)8-12/h2-9H,18H2,1H3. The van der Waals surface area contributed by atoms with Gasteiger partial charge in [-0.25, -0.2) is 0 Å². The first-order valence-electron chi connectivity index (χ1n) is 6.22. The zero-order valence-corrected chi connectivity index (χ0v) is 12.5. The van der Waals surface area contributed by atoms with Gasteiger partial charge in [-0.2, -0.15) is 0 Å². The Morgan fingerprint density at radius 2 is 1.95 bits per heavy atom. The number of rotatable bonds is 2. The van der Waals surface area contributed by atoms with Crippen LogP contribution in [0.3, 0.4) is 0 Å². The summed E-state index contributed by atoms with van der Waals surface area (Å²) in [5.74, 6) is 1.55. The maximum absolute atomic E-state index is 5.99. The van der Waals surface area contributed by atoms with Gasteiger partial charge in [0.15, 0.2) is 0 Å². The molecular formula is C16H13BrN2O. The first-order chi connectivity index (χ1) is 9.63. The Hall–Kier alpha value is -2.07. The number of fused-ring (bicyclic) bond motifs is 1. The fourth-order valence-corrected chi connectivity index (χ4v) is 2.46. The van der Waals surface area contributed by atoms with Crippen molar-refractivity contribution in [1.29, 1.82) is 0 Å². The summed E-state index contributed by atoms with van der Waals surface area (Å²) >= 11 is 3.44. The normalized spacial score (nSPS) is 10.7. The van der Waals surface area contributed by atoms with Crippen LogP contribution in [0.2, 0.25) is 0 Å². The Kier molecular flexibility index (Phi) is 3.32. The van der Waals surface area contributed by atoms with E-state index in [1.807, 2.05) is 49.4 Å². The summed E-state index contributed by atoms with van der Waals surface area (Å²) in [5.41, 5.74) is 7.63. The summed E-state index contributed by atoms with van der Waals surface area (Å²) in [6.07, 6.45) is 1.79. The van der Waals surface area contributed by atoms with Crippen molar-refractivity contribution in [2.24, 2.45) is 0 Å². The maximum Gasteiger partial charge on any atom is 0.135 e. The van der Waals surface area contributed by atoms with Crippen LogP contribution in [0.15, 0.2) is 53.1 Å². The summed E-state index contributed by atoms with van der Waals surface area (Å²) in [5, 5.41) is 1.88. The average molecular weight is 329 g/mol. The highest BCUT2D eigenvalue weighted by molar-refractivity contribution is 9.10. The van der Waals surface area contributed by atoms with E-state index in [9.17, 15) is 0 Å². The number of hydrogen-bond donors (Lipinski definition) is 1. The monoisotopic (exact) mass is 328 g/mol. The second-order valence-electron chi connectivity index (χ2n) is 4.58. The van der Waals surface area contributed by atoms with Crippen molar-refractivity contribution < 1.29 is 4.74 Å². The molecule has 0 unspecified atom stereocenters. The molecule has 0 radical (unpaired) electrons. The van der Waals surface area contributed by atoms with Gasteiger partial charge in [-0.05, 0) is 43.3 Å². The zero-order chi connectivity index (χ0) is 14.1. The molecule has 3 rings (SSSR count). The van der Waals surface area contributed by atoms with Crippen molar-refractivity contribution in [2.75, 3.05) is 5.73 Å². The van der Waals surface area contributed by atoms with Crippen LogP contribution in [0.25, 0.3) is 10.8 Å². The van der Waals surface area contributed by atoms with Crippen molar-refractivity contribution in [3.8, 4) is 11.5 Å². The maximum atomic E-state index is 5.99.